The van der Waals surface area contributed by atoms with Gasteiger partial charge in [-0.05, 0) is 23.6 Å². The minimum Gasteiger partial charge on any atom is -0.379 e. The van der Waals surface area contributed by atoms with Gasteiger partial charge in [-0.2, -0.15) is 0 Å². The number of aliphatic imine (C=N–C) groups is 1. The molecule has 0 bridgehead atoms. The topological polar surface area (TPSA) is 78.0 Å². The van der Waals surface area contributed by atoms with Gasteiger partial charge in [0.15, 0.2) is 5.96 Å². The Morgan fingerprint density at radius 2 is 1.66 bits per heavy atom. The molecule has 1 saturated heterocycles. The number of hydrogen-bond donors (Lipinski definition) is 3. The predicted molar refractivity (Wildman–Crippen MR) is 139 cm³/mol. The summed E-state index contributed by atoms with van der Waals surface area (Å²) >= 11 is 0. The van der Waals surface area contributed by atoms with Crippen LogP contribution in [0.3, 0.4) is 0 Å². The zero-order valence-corrected chi connectivity index (χ0v) is 21.0. The second-order valence-corrected chi connectivity index (χ2v) is 7.47. The van der Waals surface area contributed by atoms with Crippen molar-refractivity contribution in [2.24, 2.45) is 4.99 Å². The highest BCUT2D eigenvalue weighted by molar-refractivity contribution is 14.0. The number of ether oxygens (including phenoxy) is 1. The van der Waals surface area contributed by atoms with Gasteiger partial charge < -0.3 is 20.7 Å². The van der Waals surface area contributed by atoms with E-state index in [1.165, 1.54) is 11.1 Å². The molecule has 0 unspecified atom stereocenters. The number of nitrogens with one attached hydrogen (secondary N) is 3. The van der Waals surface area contributed by atoms with Crippen molar-refractivity contribution in [3.8, 4) is 0 Å². The van der Waals surface area contributed by atoms with Gasteiger partial charge in [0.1, 0.15) is 0 Å². The quantitative estimate of drug-likeness (QED) is 0.254. The van der Waals surface area contributed by atoms with Crippen molar-refractivity contribution in [2.45, 2.75) is 26.6 Å². The van der Waals surface area contributed by atoms with Gasteiger partial charge in [0.2, 0.25) is 5.91 Å². The number of morpholine rings is 1. The Labute approximate surface area is 208 Å². The number of carbonyl (C=O) groups excluding carboxylic acids is 1. The molecule has 1 fully saturated rings. The van der Waals surface area contributed by atoms with Crippen LogP contribution < -0.4 is 16.0 Å². The molecule has 7 nitrogen and oxygen atoms in total. The molecule has 0 radical (unpaired) electrons. The fourth-order valence-electron chi connectivity index (χ4n) is 3.40. The molecule has 2 aromatic carbocycles. The molecular weight excluding hydrogens is 517 g/mol. The van der Waals surface area contributed by atoms with Crippen molar-refractivity contribution >= 4 is 35.8 Å². The summed E-state index contributed by atoms with van der Waals surface area (Å²) in [6, 6.07) is 18.3. The maximum absolute atomic E-state index is 12.2. The van der Waals surface area contributed by atoms with Gasteiger partial charge in [0, 0.05) is 32.7 Å². The van der Waals surface area contributed by atoms with Crippen molar-refractivity contribution in [1.29, 1.82) is 0 Å². The van der Waals surface area contributed by atoms with Crippen molar-refractivity contribution in [3.63, 3.8) is 0 Å². The number of hydrogen-bond acceptors (Lipinski definition) is 4. The van der Waals surface area contributed by atoms with Gasteiger partial charge in [0.25, 0.3) is 0 Å². The number of amides is 1. The number of nitrogens with zero attached hydrogens (tertiary/aromatic N) is 2. The molecular formula is C24H34IN5O2. The van der Waals surface area contributed by atoms with Crippen molar-refractivity contribution in [1.82, 2.24) is 20.9 Å². The first kappa shape index (κ1) is 26.1. The molecule has 0 saturated carbocycles. The first-order valence-electron chi connectivity index (χ1n) is 10.9. The third-order valence-corrected chi connectivity index (χ3v) is 5.12. The Hall–Kier alpha value is -2.17. The molecule has 0 aliphatic carbocycles. The Bertz CT molecular complexity index is 841. The van der Waals surface area contributed by atoms with E-state index in [2.05, 4.69) is 39.0 Å². The smallest absolute Gasteiger partial charge is 0.239 e. The second-order valence-electron chi connectivity index (χ2n) is 7.47. The average Bonchev–Trinajstić information content (AvgIpc) is 2.81. The van der Waals surface area contributed by atoms with Gasteiger partial charge in [-0.3, -0.25) is 9.69 Å². The predicted octanol–water partition coefficient (Wildman–Crippen LogP) is 2.51. The molecule has 0 aromatic heterocycles. The van der Waals surface area contributed by atoms with Crippen LogP contribution in [0.15, 0.2) is 59.6 Å². The monoisotopic (exact) mass is 551 g/mol. The minimum atomic E-state index is -0.0674. The van der Waals surface area contributed by atoms with Crippen molar-refractivity contribution < 1.29 is 9.53 Å². The molecule has 8 heteroatoms. The maximum Gasteiger partial charge on any atom is 0.239 e. The summed E-state index contributed by atoms with van der Waals surface area (Å²) in [5.41, 5.74) is 3.55. The van der Waals surface area contributed by atoms with Crippen molar-refractivity contribution in [2.75, 3.05) is 39.4 Å². The molecule has 1 amide bonds. The first-order chi connectivity index (χ1) is 15.2. The highest BCUT2D eigenvalue weighted by Crippen LogP contribution is 2.14. The van der Waals surface area contributed by atoms with E-state index in [-0.39, 0.29) is 36.4 Å². The van der Waals surface area contributed by atoms with Crippen LogP contribution >= 0.6 is 24.0 Å². The summed E-state index contributed by atoms with van der Waals surface area (Å²) in [6.45, 7) is 8.40. The Morgan fingerprint density at radius 3 is 2.38 bits per heavy atom. The van der Waals surface area contributed by atoms with Gasteiger partial charge in [0.05, 0.1) is 26.3 Å². The standard InChI is InChI=1S/C24H33N5O2.HI/c1-2-25-24(28-18-23(30)26-16-20-8-4-3-5-9-20)27-17-21-10-6-7-11-22(21)19-29-12-14-31-15-13-29;/h3-11H,2,12-19H2,1H3,(H,26,30)(H2,25,27,28);1H. The molecule has 1 aliphatic rings. The third kappa shape index (κ3) is 9.13. The fraction of sp³-hybridized carbons (Fsp3) is 0.417. The normalized spacial score (nSPS) is 14.3. The van der Waals surface area contributed by atoms with Gasteiger partial charge in [-0.25, -0.2) is 4.99 Å². The zero-order chi connectivity index (χ0) is 21.7. The number of rotatable bonds is 9. The first-order valence-corrected chi connectivity index (χ1v) is 10.9. The van der Waals surface area contributed by atoms with Crippen LogP contribution in [-0.2, 0) is 29.2 Å². The fourth-order valence-corrected chi connectivity index (χ4v) is 3.40. The van der Waals surface area contributed by atoms with E-state index < -0.39 is 0 Å². The number of halogens is 1. The van der Waals surface area contributed by atoms with Crippen LogP contribution in [-0.4, -0.2) is 56.2 Å². The SMILES string of the molecule is CCNC(=NCc1ccccc1CN1CCOCC1)NCC(=O)NCc1ccccc1.I. The molecule has 1 aliphatic heterocycles. The average molecular weight is 551 g/mol. The van der Waals surface area contributed by atoms with E-state index in [9.17, 15) is 4.79 Å². The summed E-state index contributed by atoms with van der Waals surface area (Å²) in [5, 5.41) is 9.27. The summed E-state index contributed by atoms with van der Waals surface area (Å²) in [7, 11) is 0. The molecule has 3 N–H and O–H groups in total. The maximum atomic E-state index is 12.2. The highest BCUT2D eigenvalue weighted by Gasteiger charge is 2.12. The Kier molecular flexibility index (Phi) is 12.1. The van der Waals surface area contributed by atoms with E-state index in [4.69, 9.17) is 9.73 Å². The summed E-state index contributed by atoms with van der Waals surface area (Å²) in [4.78, 5) is 19.3. The van der Waals surface area contributed by atoms with Crippen LogP contribution in [0.5, 0.6) is 0 Å². The molecule has 0 spiro atoms. The van der Waals surface area contributed by atoms with Crippen LogP contribution in [0.2, 0.25) is 0 Å². The highest BCUT2D eigenvalue weighted by atomic mass is 127. The van der Waals surface area contributed by atoms with E-state index in [1.54, 1.807) is 0 Å². The van der Waals surface area contributed by atoms with Crippen LogP contribution in [0, 0.1) is 0 Å². The summed E-state index contributed by atoms with van der Waals surface area (Å²) in [6.07, 6.45) is 0. The minimum absolute atomic E-state index is 0. The molecule has 174 valence electrons. The largest absolute Gasteiger partial charge is 0.379 e. The Balaban J connectivity index is 0.00000363. The van der Waals surface area contributed by atoms with E-state index in [0.717, 1.165) is 45.0 Å². The third-order valence-electron chi connectivity index (χ3n) is 5.12. The lowest BCUT2D eigenvalue weighted by Gasteiger charge is -2.27. The van der Waals surface area contributed by atoms with E-state index >= 15 is 0 Å². The van der Waals surface area contributed by atoms with Gasteiger partial charge in [-0.15, -0.1) is 24.0 Å². The van der Waals surface area contributed by atoms with Crippen LogP contribution in [0.1, 0.15) is 23.6 Å². The molecule has 0 atom stereocenters. The number of guanidine groups is 1. The number of benzene rings is 2. The summed E-state index contributed by atoms with van der Waals surface area (Å²) < 4.78 is 5.45. The van der Waals surface area contributed by atoms with Crippen molar-refractivity contribution in [3.05, 3.63) is 71.3 Å². The second kappa shape index (κ2) is 14.8. The Morgan fingerprint density at radius 1 is 0.969 bits per heavy atom. The van der Waals surface area contributed by atoms with Crippen LogP contribution in [0.25, 0.3) is 0 Å². The van der Waals surface area contributed by atoms with Crippen LogP contribution in [0.4, 0.5) is 0 Å². The van der Waals surface area contributed by atoms with E-state index in [1.807, 2.05) is 43.3 Å². The van der Waals surface area contributed by atoms with Gasteiger partial charge in [-0.1, -0.05) is 54.6 Å². The molecule has 1 heterocycles. The van der Waals surface area contributed by atoms with E-state index in [0.29, 0.717) is 19.0 Å². The zero-order valence-electron chi connectivity index (χ0n) is 18.7. The summed E-state index contributed by atoms with van der Waals surface area (Å²) in [5.74, 6) is 0.570. The lowest BCUT2D eigenvalue weighted by atomic mass is 10.1. The number of carbonyl (C=O) groups is 1. The molecule has 3 rings (SSSR count). The molecule has 32 heavy (non-hydrogen) atoms. The molecule has 2 aromatic rings. The van der Waals surface area contributed by atoms with Gasteiger partial charge >= 0.3 is 0 Å². The lowest BCUT2D eigenvalue weighted by Crippen LogP contribution is -2.43. The lowest BCUT2D eigenvalue weighted by molar-refractivity contribution is -0.120.